The van der Waals surface area contributed by atoms with Gasteiger partial charge in [0.2, 0.25) is 0 Å². The first-order valence-electron chi connectivity index (χ1n) is 6.98. The maximum Gasteiger partial charge on any atom is 0.257 e. The SMILES string of the molecule is CCOc1c(Br)cccc1C(=O)N1CCC[C@@H](CO)C1. The van der Waals surface area contributed by atoms with Crippen molar-refractivity contribution in [2.24, 2.45) is 5.92 Å². The number of aliphatic hydroxyl groups is 1. The number of piperidine rings is 1. The van der Waals surface area contributed by atoms with Gasteiger partial charge in [0.25, 0.3) is 5.91 Å². The minimum atomic E-state index is -0.0205. The molecule has 0 spiro atoms. The van der Waals surface area contributed by atoms with Crippen LogP contribution in [0, 0.1) is 5.92 Å². The zero-order valence-corrected chi connectivity index (χ0v) is 13.2. The molecular weight excluding hydrogens is 322 g/mol. The lowest BCUT2D eigenvalue weighted by Crippen LogP contribution is -2.41. The van der Waals surface area contributed by atoms with Crippen LogP contribution in [0.4, 0.5) is 0 Å². The molecule has 5 heteroatoms. The maximum atomic E-state index is 12.7. The molecule has 1 amide bonds. The first-order chi connectivity index (χ1) is 9.67. The van der Waals surface area contributed by atoms with Crippen LogP contribution in [-0.2, 0) is 0 Å². The largest absolute Gasteiger partial charge is 0.492 e. The fourth-order valence-corrected chi connectivity index (χ4v) is 3.02. The number of aliphatic hydroxyl groups excluding tert-OH is 1. The van der Waals surface area contributed by atoms with E-state index < -0.39 is 0 Å². The summed E-state index contributed by atoms with van der Waals surface area (Å²) in [5.41, 5.74) is 0.583. The Balaban J connectivity index is 2.22. The third-order valence-electron chi connectivity index (χ3n) is 3.55. The van der Waals surface area contributed by atoms with Crippen LogP contribution >= 0.6 is 15.9 Å². The molecule has 0 aliphatic carbocycles. The standard InChI is InChI=1S/C15H20BrNO3/c1-2-20-14-12(6-3-7-13(14)16)15(19)17-8-4-5-11(9-17)10-18/h3,6-7,11,18H,2,4-5,8-10H2,1H3/t11-/m1/s1. The normalized spacial score (nSPS) is 18.9. The molecule has 1 saturated heterocycles. The van der Waals surface area contributed by atoms with Gasteiger partial charge in [-0.15, -0.1) is 0 Å². The Labute approximate surface area is 127 Å². The molecule has 110 valence electrons. The topological polar surface area (TPSA) is 49.8 Å². The summed E-state index contributed by atoms with van der Waals surface area (Å²) >= 11 is 3.43. The van der Waals surface area contributed by atoms with Crippen molar-refractivity contribution in [1.29, 1.82) is 0 Å². The molecular formula is C15H20BrNO3. The number of amides is 1. The quantitative estimate of drug-likeness (QED) is 0.915. The molecule has 1 aromatic carbocycles. The van der Waals surface area contributed by atoms with Gasteiger partial charge in [-0.1, -0.05) is 6.07 Å². The van der Waals surface area contributed by atoms with Gasteiger partial charge in [0.1, 0.15) is 5.75 Å². The molecule has 1 atom stereocenters. The number of halogens is 1. The molecule has 2 rings (SSSR count). The Bertz CT molecular complexity index is 478. The van der Waals surface area contributed by atoms with E-state index in [2.05, 4.69) is 15.9 Å². The van der Waals surface area contributed by atoms with E-state index in [4.69, 9.17) is 4.74 Å². The summed E-state index contributed by atoms with van der Waals surface area (Å²) in [6, 6.07) is 5.50. The summed E-state index contributed by atoms with van der Waals surface area (Å²) in [6.45, 7) is 3.92. The first kappa shape index (κ1) is 15.3. The Morgan fingerprint density at radius 1 is 1.55 bits per heavy atom. The number of hydrogen-bond donors (Lipinski definition) is 1. The number of nitrogens with zero attached hydrogens (tertiary/aromatic N) is 1. The van der Waals surface area contributed by atoms with E-state index in [1.165, 1.54) is 0 Å². The average molecular weight is 342 g/mol. The smallest absolute Gasteiger partial charge is 0.257 e. The van der Waals surface area contributed by atoms with Gasteiger partial charge in [-0.2, -0.15) is 0 Å². The number of benzene rings is 1. The van der Waals surface area contributed by atoms with E-state index in [0.29, 0.717) is 24.5 Å². The Morgan fingerprint density at radius 2 is 2.35 bits per heavy atom. The number of likely N-dealkylation sites (tertiary alicyclic amines) is 1. The van der Waals surface area contributed by atoms with E-state index in [9.17, 15) is 9.90 Å². The van der Waals surface area contributed by atoms with Gasteiger partial charge in [0.05, 0.1) is 16.6 Å². The predicted molar refractivity (Wildman–Crippen MR) is 81.0 cm³/mol. The number of hydrogen-bond acceptors (Lipinski definition) is 3. The van der Waals surface area contributed by atoms with Gasteiger partial charge < -0.3 is 14.7 Å². The van der Waals surface area contributed by atoms with Crippen LogP contribution in [-0.4, -0.2) is 42.2 Å². The van der Waals surface area contributed by atoms with Crippen molar-refractivity contribution in [3.8, 4) is 5.75 Å². The number of para-hydroxylation sites is 1. The van der Waals surface area contributed by atoms with Crippen molar-refractivity contribution in [3.05, 3.63) is 28.2 Å². The molecule has 0 unspecified atom stereocenters. The zero-order chi connectivity index (χ0) is 14.5. The first-order valence-corrected chi connectivity index (χ1v) is 7.78. The molecule has 0 saturated carbocycles. The van der Waals surface area contributed by atoms with Crippen molar-refractivity contribution in [3.63, 3.8) is 0 Å². The van der Waals surface area contributed by atoms with Crippen LogP contribution in [0.2, 0.25) is 0 Å². The van der Waals surface area contributed by atoms with E-state index in [-0.39, 0.29) is 18.4 Å². The summed E-state index contributed by atoms with van der Waals surface area (Å²) in [7, 11) is 0. The summed E-state index contributed by atoms with van der Waals surface area (Å²) in [5.74, 6) is 0.773. The minimum absolute atomic E-state index is 0.0205. The average Bonchev–Trinajstić information content (AvgIpc) is 2.49. The van der Waals surface area contributed by atoms with Crippen molar-refractivity contribution in [2.45, 2.75) is 19.8 Å². The van der Waals surface area contributed by atoms with Gasteiger partial charge in [-0.25, -0.2) is 0 Å². The molecule has 0 radical (unpaired) electrons. The predicted octanol–water partition coefficient (Wildman–Crippen LogP) is 2.69. The molecule has 0 aromatic heterocycles. The van der Waals surface area contributed by atoms with Crippen molar-refractivity contribution in [2.75, 3.05) is 26.3 Å². The molecule has 0 bridgehead atoms. The molecule has 1 aliphatic rings. The number of rotatable bonds is 4. The van der Waals surface area contributed by atoms with Crippen LogP contribution in [0.15, 0.2) is 22.7 Å². The Morgan fingerprint density at radius 3 is 3.05 bits per heavy atom. The number of ether oxygens (including phenoxy) is 1. The summed E-state index contributed by atoms with van der Waals surface area (Å²) in [5, 5.41) is 9.27. The second kappa shape index (κ2) is 7.09. The van der Waals surface area contributed by atoms with Crippen molar-refractivity contribution in [1.82, 2.24) is 4.90 Å². The number of carbonyl (C=O) groups is 1. The summed E-state index contributed by atoms with van der Waals surface area (Å²) < 4.78 is 6.38. The monoisotopic (exact) mass is 341 g/mol. The lowest BCUT2D eigenvalue weighted by molar-refractivity contribution is 0.0616. The van der Waals surface area contributed by atoms with E-state index in [1.807, 2.05) is 24.0 Å². The molecule has 20 heavy (non-hydrogen) atoms. The lowest BCUT2D eigenvalue weighted by atomic mass is 9.98. The second-order valence-electron chi connectivity index (χ2n) is 4.99. The minimum Gasteiger partial charge on any atom is -0.492 e. The van der Waals surface area contributed by atoms with E-state index >= 15 is 0 Å². The summed E-state index contributed by atoms with van der Waals surface area (Å²) in [4.78, 5) is 14.5. The van der Waals surface area contributed by atoms with Crippen LogP contribution < -0.4 is 4.74 Å². The zero-order valence-electron chi connectivity index (χ0n) is 11.6. The fourth-order valence-electron chi connectivity index (χ4n) is 2.54. The fraction of sp³-hybridized carbons (Fsp3) is 0.533. The lowest BCUT2D eigenvalue weighted by Gasteiger charge is -2.32. The maximum absolute atomic E-state index is 12.7. The van der Waals surface area contributed by atoms with Crippen molar-refractivity contribution >= 4 is 21.8 Å². The number of carbonyl (C=O) groups excluding carboxylic acids is 1. The summed E-state index contributed by atoms with van der Waals surface area (Å²) in [6.07, 6.45) is 1.92. The molecule has 1 aliphatic heterocycles. The van der Waals surface area contributed by atoms with Gasteiger partial charge in [-0.05, 0) is 53.7 Å². The van der Waals surface area contributed by atoms with Gasteiger partial charge in [-0.3, -0.25) is 4.79 Å². The van der Waals surface area contributed by atoms with Gasteiger partial charge in [0, 0.05) is 19.7 Å². The molecule has 1 aromatic rings. The van der Waals surface area contributed by atoms with Crippen LogP contribution in [0.5, 0.6) is 5.75 Å². The second-order valence-corrected chi connectivity index (χ2v) is 5.85. The third kappa shape index (κ3) is 3.33. The van der Waals surface area contributed by atoms with Crippen LogP contribution in [0.1, 0.15) is 30.1 Å². The Kier molecular flexibility index (Phi) is 5.43. The Hall–Kier alpha value is -1.07. The van der Waals surface area contributed by atoms with Gasteiger partial charge >= 0.3 is 0 Å². The molecule has 1 heterocycles. The highest BCUT2D eigenvalue weighted by molar-refractivity contribution is 9.10. The molecule has 4 nitrogen and oxygen atoms in total. The highest BCUT2D eigenvalue weighted by atomic mass is 79.9. The van der Waals surface area contributed by atoms with E-state index in [1.54, 1.807) is 6.07 Å². The van der Waals surface area contributed by atoms with Crippen LogP contribution in [0.3, 0.4) is 0 Å². The third-order valence-corrected chi connectivity index (χ3v) is 4.17. The molecule has 1 fully saturated rings. The highest BCUT2D eigenvalue weighted by Crippen LogP contribution is 2.31. The van der Waals surface area contributed by atoms with Crippen LogP contribution in [0.25, 0.3) is 0 Å². The van der Waals surface area contributed by atoms with Gasteiger partial charge in [0.15, 0.2) is 0 Å². The van der Waals surface area contributed by atoms with Crippen molar-refractivity contribution < 1.29 is 14.6 Å². The molecule has 1 N–H and O–H groups in total. The highest BCUT2D eigenvalue weighted by Gasteiger charge is 2.26. The van der Waals surface area contributed by atoms with E-state index in [0.717, 1.165) is 23.9 Å².